The number of nitrogens with zero attached hydrogens (tertiary/aromatic N) is 2. The third-order valence-electron chi connectivity index (χ3n) is 1.51. The molecule has 52 valence electrons. The van der Waals surface area contributed by atoms with Crippen LogP contribution in [0.25, 0.3) is 0 Å². The minimum atomic E-state index is 0.552. The van der Waals surface area contributed by atoms with Gasteiger partial charge in [-0.2, -0.15) is 0 Å². The monoisotopic (exact) mass is 146 g/mol. The molecule has 9 heavy (non-hydrogen) atoms. The summed E-state index contributed by atoms with van der Waals surface area (Å²) in [5.74, 6) is 1.58. The Morgan fingerprint density at radius 1 is 1.78 bits per heavy atom. The largest absolute Gasteiger partial charge is 0.362 e. The van der Waals surface area contributed by atoms with Crippen LogP contribution >= 0.6 is 11.6 Å². The lowest BCUT2D eigenvalue weighted by molar-refractivity contribution is 0.465. The summed E-state index contributed by atoms with van der Waals surface area (Å²) in [6, 6.07) is 0. The Morgan fingerprint density at radius 2 is 2.56 bits per heavy atom. The molecule has 0 aromatic carbocycles. The van der Waals surface area contributed by atoms with Crippen molar-refractivity contribution in [3.05, 3.63) is 0 Å². The van der Waals surface area contributed by atoms with Crippen LogP contribution in [0.3, 0.4) is 0 Å². The number of aliphatic imine (C=N–C) groups is 1. The molecule has 0 bridgehead atoms. The van der Waals surface area contributed by atoms with Gasteiger partial charge >= 0.3 is 0 Å². The molecule has 1 aliphatic heterocycles. The highest BCUT2D eigenvalue weighted by molar-refractivity contribution is 6.28. The van der Waals surface area contributed by atoms with E-state index >= 15 is 0 Å². The highest BCUT2D eigenvalue weighted by Crippen LogP contribution is 2.00. The summed E-state index contributed by atoms with van der Waals surface area (Å²) in [7, 11) is 2.03. The van der Waals surface area contributed by atoms with E-state index in [1.165, 1.54) is 0 Å². The molecule has 2 nitrogen and oxygen atoms in total. The topological polar surface area (TPSA) is 15.6 Å². The summed E-state index contributed by atoms with van der Waals surface area (Å²) in [6.45, 7) is 2.05. The average Bonchev–Trinajstić information content (AvgIpc) is 1.89. The summed E-state index contributed by atoms with van der Waals surface area (Å²) >= 11 is 5.60. The van der Waals surface area contributed by atoms with Gasteiger partial charge in [0.15, 0.2) is 0 Å². The third kappa shape index (κ3) is 1.58. The second kappa shape index (κ2) is 3.06. The van der Waals surface area contributed by atoms with Crippen molar-refractivity contribution >= 4 is 17.4 Å². The second-order valence-corrected chi connectivity index (χ2v) is 2.47. The van der Waals surface area contributed by atoms with Gasteiger partial charge in [-0.05, 0) is 6.42 Å². The SMILES string of the molecule is CN1CCCN=C1CCl. The molecule has 0 N–H and O–H groups in total. The van der Waals surface area contributed by atoms with Crippen LogP contribution in [0.1, 0.15) is 6.42 Å². The highest BCUT2D eigenvalue weighted by atomic mass is 35.5. The lowest BCUT2D eigenvalue weighted by Gasteiger charge is -2.23. The van der Waals surface area contributed by atoms with Crippen LogP contribution in [0, 0.1) is 0 Å². The quantitative estimate of drug-likeness (QED) is 0.504. The first-order valence-electron chi connectivity index (χ1n) is 3.15. The second-order valence-electron chi connectivity index (χ2n) is 2.21. The Balaban J connectivity index is 2.53. The molecule has 0 saturated heterocycles. The van der Waals surface area contributed by atoms with Crippen LogP contribution in [0.4, 0.5) is 0 Å². The van der Waals surface area contributed by atoms with Crippen molar-refractivity contribution in [2.24, 2.45) is 4.99 Å². The van der Waals surface area contributed by atoms with E-state index in [1.807, 2.05) is 7.05 Å². The van der Waals surface area contributed by atoms with E-state index < -0.39 is 0 Å². The first kappa shape index (κ1) is 6.87. The van der Waals surface area contributed by atoms with Crippen molar-refractivity contribution in [2.75, 3.05) is 26.0 Å². The van der Waals surface area contributed by atoms with Gasteiger partial charge in [-0.15, -0.1) is 11.6 Å². The van der Waals surface area contributed by atoms with Crippen LogP contribution in [-0.4, -0.2) is 36.8 Å². The number of hydrogen-bond acceptors (Lipinski definition) is 2. The molecule has 0 unspecified atom stereocenters. The van der Waals surface area contributed by atoms with Gasteiger partial charge in [0.05, 0.1) is 5.88 Å². The summed E-state index contributed by atoms with van der Waals surface area (Å²) in [5.41, 5.74) is 0. The number of amidine groups is 1. The minimum absolute atomic E-state index is 0.552. The van der Waals surface area contributed by atoms with Crippen LogP contribution in [-0.2, 0) is 0 Å². The number of rotatable bonds is 1. The van der Waals surface area contributed by atoms with Crippen molar-refractivity contribution in [3.8, 4) is 0 Å². The molecule has 0 aromatic rings. The van der Waals surface area contributed by atoms with Gasteiger partial charge in [-0.3, -0.25) is 4.99 Å². The molecule has 0 fully saturated rings. The zero-order valence-corrected chi connectivity index (χ0v) is 6.36. The molecule has 1 aliphatic rings. The maximum Gasteiger partial charge on any atom is 0.114 e. The van der Waals surface area contributed by atoms with E-state index in [9.17, 15) is 0 Å². The Hall–Kier alpha value is -0.240. The van der Waals surface area contributed by atoms with Gasteiger partial charge in [0, 0.05) is 20.1 Å². The maximum absolute atomic E-state index is 5.60. The fraction of sp³-hybridized carbons (Fsp3) is 0.833. The van der Waals surface area contributed by atoms with E-state index in [2.05, 4.69) is 9.89 Å². The Labute approximate surface area is 60.5 Å². The van der Waals surface area contributed by atoms with Gasteiger partial charge < -0.3 is 4.90 Å². The Kier molecular flexibility index (Phi) is 2.34. The van der Waals surface area contributed by atoms with Gasteiger partial charge in [-0.25, -0.2) is 0 Å². The predicted octanol–water partition coefficient (Wildman–Crippen LogP) is 0.959. The van der Waals surface area contributed by atoms with Crippen LogP contribution in [0.15, 0.2) is 4.99 Å². The first-order valence-corrected chi connectivity index (χ1v) is 3.68. The molecule has 1 rings (SSSR count). The van der Waals surface area contributed by atoms with Gasteiger partial charge in [-0.1, -0.05) is 0 Å². The Morgan fingerprint density at radius 3 is 3.00 bits per heavy atom. The molecule has 0 amide bonds. The minimum Gasteiger partial charge on any atom is -0.362 e. The fourth-order valence-corrected chi connectivity index (χ4v) is 1.20. The lowest BCUT2D eigenvalue weighted by atomic mass is 10.3. The summed E-state index contributed by atoms with van der Waals surface area (Å²) in [6.07, 6.45) is 1.16. The molecular formula is C6H11ClN2. The normalized spacial score (nSPS) is 19.8. The zero-order chi connectivity index (χ0) is 6.69. The fourth-order valence-electron chi connectivity index (χ4n) is 0.910. The summed E-state index contributed by atoms with van der Waals surface area (Å²) in [5, 5.41) is 0. The standard InChI is InChI=1S/C6H11ClN2/c1-9-4-2-3-8-6(9)5-7/h2-5H2,1H3. The molecule has 1 heterocycles. The van der Waals surface area contributed by atoms with E-state index in [4.69, 9.17) is 11.6 Å². The third-order valence-corrected chi connectivity index (χ3v) is 1.75. The van der Waals surface area contributed by atoms with Gasteiger partial charge in [0.1, 0.15) is 5.84 Å². The number of hydrogen-bond donors (Lipinski definition) is 0. The molecule has 0 aliphatic carbocycles. The van der Waals surface area contributed by atoms with E-state index in [-0.39, 0.29) is 0 Å². The van der Waals surface area contributed by atoms with Crippen molar-refractivity contribution in [2.45, 2.75) is 6.42 Å². The smallest absolute Gasteiger partial charge is 0.114 e. The van der Waals surface area contributed by atoms with E-state index in [0.717, 1.165) is 25.3 Å². The molecular weight excluding hydrogens is 136 g/mol. The summed E-state index contributed by atoms with van der Waals surface area (Å²) < 4.78 is 0. The van der Waals surface area contributed by atoms with Crippen molar-refractivity contribution < 1.29 is 0 Å². The van der Waals surface area contributed by atoms with Crippen molar-refractivity contribution in [1.29, 1.82) is 0 Å². The maximum atomic E-state index is 5.60. The molecule has 0 spiro atoms. The Bertz CT molecular complexity index is 122. The predicted molar refractivity (Wildman–Crippen MR) is 40.3 cm³/mol. The zero-order valence-electron chi connectivity index (χ0n) is 5.60. The van der Waals surface area contributed by atoms with Crippen molar-refractivity contribution in [1.82, 2.24) is 4.90 Å². The molecule has 0 aromatic heterocycles. The molecule has 0 radical (unpaired) electrons. The summed E-state index contributed by atoms with van der Waals surface area (Å²) in [4.78, 5) is 6.35. The molecule has 0 saturated carbocycles. The van der Waals surface area contributed by atoms with Crippen LogP contribution < -0.4 is 0 Å². The van der Waals surface area contributed by atoms with Crippen LogP contribution in [0.2, 0.25) is 0 Å². The lowest BCUT2D eigenvalue weighted by Crippen LogP contribution is -2.32. The van der Waals surface area contributed by atoms with Crippen molar-refractivity contribution in [3.63, 3.8) is 0 Å². The van der Waals surface area contributed by atoms with E-state index in [1.54, 1.807) is 0 Å². The number of halogens is 1. The van der Waals surface area contributed by atoms with E-state index in [0.29, 0.717) is 5.88 Å². The average molecular weight is 147 g/mol. The molecule has 3 heteroatoms. The molecule has 0 atom stereocenters. The van der Waals surface area contributed by atoms with Crippen LogP contribution in [0.5, 0.6) is 0 Å². The highest BCUT2D eigenvalue weighted by Gasteiger charge is 2.07. The number of alkyl halides is 1. The first-order chi connectivity index (χ1) is 4.34. The van der Waals surface area contributed by atoms with Gasteiger partial charge in [0.2, 0.25) is 0 Å². The van der Waals surface area contributed by atoms with Gasteiger partial charge in [0.25, 0.3) is 0 Å².